The minimum absolute atomic E-state index is 0.269. The van der Waals surface area contributed by atoms with Crippen molar-refractivity contribution < 1.29 is 9.31 Å². The predicted molar refractivity (Wildman–Crippen MR) is 67.2 cm³/mol. The Labute approximate surface area is 101 Å². The number of hydrogen-bond donors (Lipinski definition) is 0. The molecule has 2 heterocycles. The summed E-state index contributed by atoms with van der Waals surface area (Å²) in [6.45, 7) is 8.19. The van der Waals surface area contributed by atoms with Crippen molar-refractivity contribution in [3.63, 3.8) is 0 Å². The summed E-state index contributed by atoms with van der Waals surface area (Å²) in [6, 6.07) is 0. The fourth-order valence-electron chi connectivity index (χ4n) is 1.45. The Hall–Kier alpha value is -0.645. The lowest BCUT2D eigenvalue weighted by Crippen LogP contribution is -2.41. The molecule has 0 saturated carbocycles. The van der Waals surface area contributed by atoms with E-state index in [9.17, 15) is 0 Å². The molecule has 0 bridgehead atoms. The van der Waals surface area contributed by atoms with Crippen LogP contribution in [0, 0.1) is 0 Å². The maximum Gasteiger partial charge on any atom is 0.487 e. The molecule has 0 radical (unpaired) electrons. The van der Waals surface area contributed by atoms with E-state index >= 15 is 0 Å². The largest absolute Gasteiger partial charge is 0.487 e. The second kappa shape index (κ2) is 3.98. The first-order valence-electron chi connectivity index (χ1n) is 5.34. The van der Waals surface area contributed by atoms with E-state index in [-0.39, 0.29) is 18.3 Å². The van der Waals surface area contributed by atoms with Crippen LogP contribution >= 0.6 is 11.5 Å². The number of aromatic nitrogens is 1. The van der Waals surface area contributed by atoms with Crippen LogP contribution in [0.2, 0.25) is 0 Å². The standard InChI is InChI=1S/C11H16BNO2S/c1-10(2)11(3,4)15-12(14-10)6-5-9-7-13-16-8-9/h5-8H,1-4H3/b6-5+. The summed E-state index contributed by atoms with van der Waals surface area (Å²) in [5.41, 5.74) is 0.545. The van der Waals surface area contributed by atoms with Crippen LogP contribution < -0.4 is 0 Å². The van der Waals surface area contributed by atoms with Gasteiger partial charge in [0.05, 0.1) is 11.2 Å². The Bertz CT molecular complexity index is 371. The monoisotopic (exact) mass is 237 g/mol. The molecule has 0 atom stereocenters. The van der Waals surface area contributed by atoms with E-state index in [0.717, 1.165) is 5.56 Å². The molecule has 5 heteroatoms. The van der Waals surface area contributed by atoms with Crippen LogP contribution in [-0.2, 0) is 9.31 Å². The molecule has 0 aromatic carbocycles. The molecule has 1 aliphatic heterocycles. The van der Waals surface area contributed by atoms with Crippen LogP contribution in [0.1, 0.15) is 33.3 Å². The smallest absolute Gasteiger partial charge is 0.400 e. The molecule has 86 valence electrons. The van der Waals surface area contributed by atoms with Gasteiger partial charge in [0.15, 0.2) is 0 Å². The number of rotatable bonds is 2. The Morgan fingerprint density at radius 3 is 2.38 bits per heavy atom. The molecule has 0 amide bonds. The summed E-state index contributed by atoms with van der Waals surface area (Å²) in [5, 5.41) is 1.99. The quantitative estimate of drug-likeness (QED) is 0.741. The fourth-order valence-corrected chi connectivity index (χ4v) is 1.96. The molecule has 0 aliphatic carbocycles. The summed E-state index contributed by atoms with van der Waals surface area (Å²) in [7, 11) is -0.273. The van der Waals surface area contributed by atoms with E-state index in [4.69, 9.17) is 9.31 Å². The van der Waals surface area contributed by atoms with E-state index in [1.807, 2.05) is 51.3 Å². The minimum Gasteiger partial charge on any atom is -0.400 e. The van der Waals surface area contributed by atoms with Crippen LogP contribution in [0.25, 0.3) is 6.08 Å². The topological polar surface area (TPSA) is 31.4 Å². The van der Waals surface area contributed by atoms with Crippen molar-refractivity contribution in [1.82, 2.24) is 4.37 Å². The van der Waals surface area contributed by atoms with Gasteiger partial charge in [-0.15, -0.1) is 0 Å². The summed E-state index contributed by atoms with van der Waals surface area (Å²) in [6.07, 6.45) is 3.80. The Morgan fingerprint density at radius 1 is 1.25 bits per heavy atom. The van der Waals surface area contributed by atoms with Crippen molar-refractivity contribution in [2.24, 2.45) is 0 Å². The predicted octanol–water partition coefficient (Wildman–Crippen LogP) is 2.79. The molecule has 0 unspecified atom stereocenters. The fraction of sp³-hybridized carbons (Fsp3) is 0.545. The Morgan fingerprint density at radius 2 is 1.88 bits per heavy atom. The molecule has 1 aromatic heterocycles. The second-order valence-corrected chi connectivity index (χ2v) is 5.60. The summed E-state index contributed by atoms with van der Waals surface area (Å²) in [4.78, 5) is 0. The Kier molecular flexibility index (Phi) is 2.94. The van der Waals surface area contributed by atoms with Gasteiger partial charge >= 0.3 is 7.12 Å². The molecule has 1 fully saturated rings. The molecular weight excluding hydrogens is 221 g/mol. The first-order chi connectivity index (χ1) is 7.41. The van der Waals surface area contributed by atoms with Crippen LogP contribution in [0.3, 0.4) is 0 Å². The van der Waals surface area contributed by atoms with Gasteiger partial charge in [-0.3, -0.25) is 0 Å². The van der Waals surface area contributed by atoms with E-state index in [1.54, 1.807) is 0 Å². The third-order valence-electron chi connectivity index (χ3n) is 3.17. The first-order valence-corrected chi connectivity index (χ1v) is 6.18. The first kappa shape index (κ1) is 11.8. The van der Waals surface area contributed by atoms with Crippen LogP contribution in [0.4, 0.5) is 0 Å². The minimum atomic E-state index is -0.273. The highest BCUT2D eigenvalue weighted by molar-refractivity contribution is 7.03. The van der Waals surface area contributed by atoms with Gasteiger partial charge in [0.2, 0.25) is 0 Å². The summed E-state index contributed by atoms with van der Waals surface area (Å²) < 4.78 is 15.7. The molecule has 1 saturated heterocycles. The SMILES string of the molecule is CC1(C)OB(/C=C/c2cnsc2)OC1(C)C. The molecule has 0 spiro atoms. The third-order valence-corrected chi connectivity index (χ3v) is 3.77. The van der Waals surface area contributed by atoms with Crippen molar-refractivity contribution in [3.8, 4) is 0 Å². The molecule has 16 heavy (non-hydrogen) atoms. The van der Waals surface area contributed by atoms with Crippen molar-refractivity contribution >= 4 is 24.7 Å². The van der Waals surface area contributed by atoms with Crippen molar-refractivity contribution in [2.75, 3.05) is 0 Å². The molecule has 1 aliphatic rings. The van der Waals surface area contributed by atoms with E-state index in [0.29, 0.717) is 0 Å². The maximum atomic E-state index is 5.84. The lowest BCUT2D eigenvalue weighted by atomic mass is 9.89. The van der Waals surface area contributed by atoms with Crippen LogP contribution in [0.15, 0.2) is 17.6 Å². The molecular formula is C11H16BNO2S. The van der Waals surface area contributed by atoms with Gasteiger partial charge in [-0.2, -0.15) is 0 Å². The third kappa shape index (κ3) is 2.21. The van der Waals surface area contributed by atoms with Gasteiger partial charge in [0, 0.05) is 17.1 Å². The zero-order valence-electron chi connectivity index (χ0n) is 10.1. The van der Waals surface area contributed by atoms with Gasteiger partial charge < -0.3 is 9.31 Å². The van der Waals surface area contributed by atoms with Crippen molar-refractivity contribution in [2.45, 2.75) is 38.9 Å². The highest BCUT2D eigenvalue weighted by Crippen LogP contribution is 2.36. The lowest BCUT2D eigenvalue weighted by Gasteiger charge is -2.32. The van der Waals surface area contributed by atoms with Gasteiger partial charge in [-0.1, -0.05) is 12.1 Å². The van der Waals surface area contributed by atoms with Crippen LogP contribution in [-0.4, -0.2) is 22.7 Å². The van der Waals surface area contributed by atoms with Gasteiger partial charge in [0.25, 0.3) is 0 Å². The molecule has 3 nitrogen and oxygen atoms in total. The highest BCUT2D eigenvalue weighted by Gasteiger charge is 2.49. The van der Waals surface area contributed by atoms with Gasteiger partial charge in [0.1, 0.15) is 0 Å². The maximum absolute atomic E-state index is 5.84. The summed E-state index contributed by atoms with van der Waals surface area (Å²) in [5.74, 6) is 1.93. The van der Waals surface area contributed by atoms with Crippen molar-refractivity contribution in [3.05, 3.63) is 23.1 Å². The number of hydrogen-bond acceptors (Lipinski definition) is 4. The zero-order chi connectivity index (χ0) is 11.8. The van der Waals surface area contributed by atoms with Gasteiger partial charge in [-0.25, -0.2) is 4.37 Å². The van der Waals surface area contributed by atoms with E-state index < -0.39 is 0 Å². The number of nitrogens with zero attached hydrogens (tertiary/aromatic N) is 1. The lowest BCUT2D eigenvalue weighted by molar-refractivity contribution is 0.00578. The molecule has 0 N–H and O–H groups in total. The second-order valence-electron chi connectivity index (χ2n) is 4.94. The molecule has 2 rings (SSSR count). The van der Waals surface area contributed by atoms with Gasteiger partial charge in [-0.05, 0) is 39.2 Å². The van der Waals surface area contributed by atoms with Crippen LogP contribution in [0.5, 0.6) is 0 Å². The van der Waals surface area contributed by atoms with Crippen molar-refractivity contribution in [1.29, 1.82) is 0 Å². The summed E-state index contributed by atoms with van der Waals surface area (Å²) >= 11 is 1.44. The Balaban J connectivity index is 2.05. The normalized spacial score (nSPS) is 23.1. The average molecular weight is 237 g/mol. The van der Waals surface area contributed by atoms with E-state index in [2.05, 4.69) is 4.37 Å². The zero-order valence-corrected chi connectivity index (χ0v) is 10.9. The molecule has 1 aromatic rings. The highest BCUT2D eigenvalue weighted by atomic mass is 32.1. The average Bonchev–Trinajstić information content (AvgIpc) is 2.70. The van der Waals surface area contributed by atoms with E-state index in [1.165, 1.54) is 11.5 Å².